The van der Waals surface area contributed by atoms with E-state index in [-0.39, 0.29) is 5.78 Å². The van der Waals surface area contributed by atoms with Gasteiger partial charge in [-0.15, -0.1) is 0 Å². The Balaban J connectivity index is 2.00. The minimum Gasteiger partial charge on any atom is -0.360 e. The average Bonchev–Trinajstić information content (AvgIpc) is 3.06. The van der Waals surface area contributed by atoms with E-state index in [2.05, 4.69) is 5.16 Å². The number of hydrogen-bond acceptors (Lipinski definition) is 3. The quantitative estimate of drug-likeness (QED) is 0.796. The maximum absolute atomic E-state index is 12.4. The smallest absolute Gasteiger partial charge is 0.199 e. The van der Waals surface area contributed by atoms with E-state index >= 15 is 0 Å². The van der Waals surface area contributed by atoms with E-state index in [9.17, 15) is 4.79 Å². The highest BCUT2D eigenvalue weighted by Gasteiger charge is 2.33. The molecule has 2 aromatic rings. The molecule has 1 saturated carbocycles. The van der Waals surface area contributed by atoms with Crippen molar-refractivity contribution in [1.82, 2.24) is 5.16 Å². The summed E-state index contributed by atoms with van der Waals surface area (Å²) in [6.07, 6.45) is 3.55. The highest BCUT2D eigenvalue weighted by molar-refractivity contribution is 6.37. The van der Waals surface area contributed by atoms with Crippen molar-refractivity contribution in [3.63, 3.8) is 0 Å². The first kappa shape index (κ1) is 11.8. The normalized spacial score (nSPS) is 14.8. The van der Waals surface area contributed by atoms with Crippen LogP contribution in [0.4, 0.5) is 0 Å². The van der Waals surface area contributed by atoms with Gasteiger partial charge in [-0.3, -0.25) is 4.79 Å². The van der Waals surface area contributed by atoms with E-state index < -0.39 is 0 Å². The number of nitrogens with zero attached hydrogens (tertiary/aromatic N) is 1. The van der Waals surface area contributed by atoms with Gasteiger partial charge in [-0.25, -0.2) is 0 Å². The molecular formula is C13H9Cl2NO2. The van der Waals surface area contributed by atoms with Gasteiger partial charge in [0.05, 0.1) is 16.8 Å². The van der Waals surface area contributed by atoms with Crippen LogP contribution in [-0.2, 0) is 0 Å². The van der Waals surface area contributed by atoms with Gasteiger partial charge in [0.2, 0.25) is 0 Å². The molecule has 18 heavy (non-hydrogen) atoms. The lowest BCUT2D eigenvalue weighted by Gasteiger charge is -2.03. The predicted molar refractivity (Wildman–Crippen MR) is 68.4 cm³/mol. The molecule has 0 amide bonds. The third-order valence-corrected chi connectivity index (χ3v) is 3.51. The molecule has 0 atom stereocenters. The minimum atomic E-state index is -0.167. The van der Waals surface area contributed by atoms with Crippen molar-refractivity contribution in [3.05, 3.63) is 51.3 Å². The van der Waals surface area contributed by atoms with E-state index in [4.69, 9.17) is 27.7 Å². The predicted octanol–water partition coefficient (Wildman–Crippen LogP) is 4.09. The zero-order valence-corrected chi connectivity index (χ0v) is 10.8. The summed E-state index contributed by atoms with van der Waals surface area (Å²) >= 11 is 11.8. The van der Waals surface area contributed by atoms with Crippen LogP contribution in [-0.4, -0.2) is 10.9 Å². The average molecular weight is 282 g/mol. The Labute approximate surface area is 114 Å². The molecule has 0 radical (unpaired) electrons. The molecular weight excluding hydrogens is 273 g/mol. The van der Waals surface area contributed by atoms with Crippen LogP contribution >= 0.6 is 23.2 Å². The topological polar surface area (TPSA) is 43.1 Å². The van der Waals surface area contributed by atoms with E-state index in [0.29, 0.717) is 32.9 Å². The summed E-state index contributed by atoms with van der Waals surface area (Å²) < 4.78 is 5.15. The second-order valence-electron chi connectivity index (χ2n) is 4.33. The van der Waals surface area contributed by atoms with Crippen molar-refractivity contribution < 1.29 is 9.32 Å². The van der Waals surface area contributed by atoms with Gasteiger partial charge in [-0.2, -0.15) is 0 Å². The van der Waals surface area contributed by atoms with Gasteiger partial charge in [0, 0.05) is 16.5 Å². The summed E-state index contributed by atoms with van der Waals surface area (Å²) in [5.74, 6) is 0.836. The van der Waals surface area contributed by atoms with Gasteiger partial charge in [-0.05, 0) is 31.0 Å². The van der Waals surface area contributed by atoms with Crippen molar-refractivity contribution in [2.45, 2.75) is 18.8 Å². The van der Waals surface area contributed by atoms with Crippen molar-refractivity contribution >= 4 is 29.0 Å². The number of halogens is 2. The fourth-order valence-electron chi connectivity index (χ4n) is 1.88. The van der Waals surface area contributed by atoms with Crippen molar-refractivity contribution in [3.8, 4) is 0 Å². The molecule has 1 aliphatic rings. The van der Waals surface area contributed by atoms with E-state index in [1.807, 2.05) is 0 Å². The molecule has 3 rings (SSSR count). The molecule has 5 heteroatoms. The molecule has 0 N–H and O–H groups in total. The van der Waals surface area contributed by atoms with Gasteiger partial charge in [0.1, 0.15) is 0 Å². The Kier molecular flexibility index (Phi) is 2.88. The number of rotatable bonds is 3. The van der Waals surface area contributed by atoms with Gasteiger partial charge in [-0.1, -0.05) is 28.4 Å². The highest BCUT2D eigenvalue weighted by atomic mass is 35.5. The van der Waals surface area contributed by atoms with Gasteiger partial charge in [0.25, 0.3) is 0 Å². The first-order chi connectivity index (χ1) is 8.66. The molecule has 0 bridgehead atoms. The van der Waals surface area contributed by atoms with Crippen LogP contribution < -0.4 is 0 Å². The lowest BCUT2D eigenvalue weighted by atomic mass is 10.0. The summed E-state index contributed by atoms with van der Waals surface area (Å²) in [4.78, 5) is 12.4. The van der Waals surface area contributed by atoms with Crippen LogP contribution in [0.15, 0.2) is 28.9 Å². The molecule has 0 spiro atoms. The van der Waals surface area contributed by atoms with Crippen LogP contribution in [0.2, 0.25) is 10.0 Å². The van der Waals surface area contributed by atoms with Crippen molar-refractivity contribution in [2.24, 2.45) is 0 Å². The standard InChI is InChI=1S/C13H9Cl2NO2/c14-8-3-4-9(11(15)5-8)12(17)10-6-16-18-13(10)7-1-2-7/h3-7H,1-2H2. The van der Waals surface area contributed by atoms with Gasteiger partial charge >= 0.3 is 0 Å². The molecule has 1 heterocycles. The number of ketones is 1. The number of benzene rings is 1. The molecule has 0 unspecified atom stereocenters. The maximum atomic E-state index is 12.4. The fraction of sp³-hybridized carbons (Fsp3) is 0.231. The van der Waals surface area contributed by atoms with Gasteiger partial charge < -0.3 is 4.52 Å². The van der Waals surface area contributed by atoms with E-state index in [1.54, 1.807) is 18.2 Å². The van der Waals surface area contributed by atoms with E-state index in [0.717, 1.165) is 12.8 Å². The van der Waals surface area contributed by atoms with Crippen molar-refractivity contribution in [1.29, 1.82) is 0 Å². The third-order valence-electron chi connectivity index (χ3n) is 2.97. The maximum Gasteiger partial charge on any atom is 0.199 e. The molecule has 1 fully saturated rings. The second-order valence-corrected chi connectivity index (χ2v) is 5.17. The lowest BCUT2D eigenvalue weighted by Crippen LogP contribution is -2.03. The largest absolute Gasteiger partial charge is 0.360 e. The molecule has 0 saturated heterocycles. The first-order valence-corrected chi connectivity index (χ1v) is 6.36. The van der Waals surface area contributed by atoms with Crippen LogP contribution in [0.25, 0.3) is 0 Å². The first-order valence-electron chi connectivity index (χ1n) is 5.61. The Morgan fingerprint density at radius 3 is 2.72 bits per heavy atom. The number of hydrogen-bond donors (Lipinski definition) is 0. The molecule has 1 aromatic carbocycles. The highest BCUT2D eigenvalue weighted by Crippen LogP contribution is 2.42. The molecule has 1 aliphatic carbocycles. The summed E-state index contributed by atoms with van der Waals surface area (Å²) in [6, 6.07) is 4.82. The lowest BCUT2D eigenvalue weighted by molar-refractivity contribution is 0.103. The molecule has 1 aromatic heterocycles. The van der Waals surface area contributed by atoms with Crippen molar-refractivity contribution in [2.75, 3.05) is 0 Å². The van der Waals surface area contributed by atoms with Crippen LogP contribution in [0.5, 0.6) is 0 Å². The summed E-state index contributed by atoms with van der Waals surface area (Å²) in [7, 11) is 0. The Bertz CT molecular complexity index is 617. The Morgan fingerprint density at radius 1 is 1.28 bits per heavy atom. The van der Waals surface area contributed by atoms with Gasteiger partial charge in [0.15, 0.2) is 11.5 Å². The Morgan fingerprint density at radius 2 is 2.06 bits per heavy atom. The monoisotopic (exact) mass is 281 g/mol. The zero-order valence-electron chi connectivity index (χ0n) is 9.32. The molecule has 3 nitrogen and oxygen atoms in total. The number of carbonyl (C=O) groups is 1. The van der Waals surface area contributed by atoms with Crippen LogP contribution in [0, 0.1) is 0 Å². The fourth-order valence-corrected chi connectivity index (χ4v) is 2.37. The van der Waals surface area contributed by atoms with Crippen LogP contribution in [0.3, 0.4) is 0 Å². The zero-order chi connectivity index (χ0) is 12.7. The van der Waals surface area contributed by atoms with E-state index in [1.165, 1.54) is 6.20 Å². The molecule has 92 valence electrons. The summed E-state index contributed by atoms with van der Waals surface area (Å²) in [5, 5.41) is 4.56. The SMILES string of the molecule is O=C(c1ccc(Cl)cc1Cl)c1cnoc1C1CC1. The van der Waals surface area contributed by atoms with Crippen LogP contribution in [0.1, 0.15) is 40.4 Å². The minimum absolute atomic E-state index is 0.167. The second kappa shape index (κ2) is 4.41. The number of aromatic nitrogens is 1. The number of carbonyl (C=O) groups excluding carboxylic acids is 1. The summed E-state index contributed by atoms with van der Waals surface area (Å²) in [5.41, 5.74) is 0.924. The third kappa shape index (κ3) is 2.04. The summed E-state index contributed by atoms with van der Waals surface area (Å²) in [6.45, 7) is 0. The Hall–Kier alpha value is -1.32. The molecule has 0 aliphatic heterocycles.